The Bertz CT molecular complexity index is 888. The Hall–Kier alpha value is -2.65. The minimum atomic E-state index is -0.0140. The van der Waals surface area contributed by atoms with E-state index in [0.29, 0.717) is 5.96 Å². The zero-order valence-corrected chi connectivity index (χ0v) is 19.6. The lowest BCUT2D eigenvalue weighted by atomic mass is 10.3. The van der Waals surface area contributed by atoms with Crippen molar-refractivity contribution in [2.24, 2.45) is 4.99 Å². The van der Waals surface area contributed by atoms with Gasteiger partial charge in [0, 0.05) is 46.8 Å². The number of morpholine rings is 1. The first-order valence-electron chi connectivity index (χ1n) is 11.5. The summed E-state index contributed by atoms with van der Waals surface area (Å²) in [5.41, 5.74) is 2.20. The van der Waals surface area contributed by atoms with Crippen LogP contribution >= 0.6 is 0 Å². The molecule has 1 aliphatic heterocycles. The summed E-state index contributed by atoms with van der Waals surface area (Å²) < 4.78 is 7.65. The molecule has 1 fully saturated rings. The second-order valence-electron chi connectivity index (χ2n) is 8.27. The molecule has 2 heterocycles. The van der Waals surface area contributed by atoms with Gasteiger partial charge in [-0.3, -0.25) is 9.69 Å². The van der Waals surface area contributed by atoms with E-state index in [1.807, 2.05) is 25.1 Å². The minimum absolute atomic E-state index is 0.0140. The highest BCUT2D eigenvalue weighted by Crippen LogP contribution is 2.15. The fourth-order valence-corrected chi connectivity index (χ4v) is 3.72. The molecule has 0 saturated carbocycles. The van der Waals surface area contributed by atoms with E-state index in [9.17, 15) is 4.79 Å². The Labute approximate surface area is 190 Å². The van der Waals surface area contributed by atoms with E-state index in [1.165, 1.54) is 0 Å². The second-order valence-corrected chi connectivity index (χ2v) is 8.27. The highest BCUT2D eigenvalue weighted by molar-refractivity contribution is 5.84. The van der Waals surface area contributed by atoms with E-state index in [2.05, 4.69) is 36.1 Å². The van der Waals surface area contributed by atoms with Gasteiger partial charge in [-0.05, 0) is 38.4 Å². The van der Waals surface area contributed by atoms with Crippen molar-refractivity contribution in [1.82, 2.24) is 30.0 Å². The molecule has 3 rings (SSSR count). The maximum absolute atomic E-state index is 12.0. The summed E-state index contributed by atoms with van der Waals surface area (Å²) in [6.45, 7) is 9.30. The molecule has 0 spiro atoms. The fourth-order valence-electron chi connectivity index (χ4n) is 3.72. The van der Waals surface area contributed by atoms with E-state index in [0.717, 1.165) is 82.2 Å². The first-order valence-corrected chi connectivity index (χ1v) is 11.5. The number of nitrogens with zero attached hydrogens (tertiary/aromatic N) is 5. The molecule has 1 aliphatic rings. The number of aliphatic imine (C=N–C) groups is 1. The van der Waals surface area contributed by atoms with Crippen LogP contribution in [-0.2, 0) is 16.1 Å². The van der Waals surface area contributed by atoms with Crippen LogP contribution in [0.25, 0.3) is 11.0 Å². The molecule has 9 nitrogen and oxygen atoms in total. The average molecular weight is 444 g/mol. The molecule has 0 aliphatic carbocycles. The topological polar surface area (TPSA) is 87.0 Å². The van der Waals surface area contributed by atoms with Crippen LogP contribution in [0.3, 0.4) is 0 Å². The number of benzene rings is 1. The first-order chi connectivity index (χ1) is 15.5. The Kier molecular flexibility index (Phi) is 9.30. The summed E-state index contributed by atoms with van der Waals surface area (Å²) in [5.74, 6) is 1.70. The van der Waals surface area contributed by atoms with Crippen LogP contribution in [0.5, 0.6) is 0 Å². The van der Waals surface area contributed by atoms with E-state index >= 15 is 0 Å². The van der Waals surface area contributed by atoms with Crippen LogP contribution < -0.4 is 10.6 Å². The third-order valence-corrected chi connectivity index (χ3v) is 5.61. The standard InChI is InChI=1S/C23H37N7O2/c1-19-27-20-8-4-5-9-21(20)30(19)13-7-11-25-23(26-18-22(31)28(2)3)24-10-6-12-29-14-16-32-17-15-29/h4-5,8-9H,6-7,10-18H2,1-3H3,(H2,24,25,26). The normalized spacial score (nSPS) is 15.2. The molecule has 0 atom stereocenters. The number of aromatic nitrogens is 2. The van der Waals surface area contributed by atoms with Crippen molar-refractivity contribution in [2.45, 2.75) is 26.3 Å². The monoisotopic (exact) mass is 443 g/mol. The first kappa shape index (κ1) is 24.0. The number of likely N-dealkylation sites (N-methyl/N-ethyl adjacent to an activating group) is 1. The van der Waals surface area contributed by atoms with E-state index < -0.39 is 0 Å². The number of hydrogen-bond donors (Lipinski definition) is 2. The number of guanidine groups is 1. The van der Waals surface area contributed by atoms with Gasteiger partial charge in [-0.25, -0.2) is 9.98 Å². The summed E-state index contributed by atoms with van der Waals surface area (Å²) in [4.78, 5) is 25.1. The number of carbonyl (C=O) groups excluding carboxylic acids is 1. The summed E-state index contributed by atoms with van der Waals surface area (Å²) in [5, 5.41) is 6.76. The lowest BCUT2D eigenvalue weighted by Gasteiger charge is -2.26. The van der Waals surface area contributed by atoms with E-state index in [-0.39, 0.29) is 12.5 Å². The molecule has 2 N–H and O–H groups in total. The third kappa shape index (κ3) is 7.20. The van der Waals surface area contributed by atoms with Crippen molar-refractivity contribution in [3.05, 3.63) is 30.1 Å². The molecule has 2 aromatic rings. The van der Waals surface area contributed by atoms with Crippen molar-refractivity contribution < 1.29 is 9.53 Å². The molecule has 0 radical (unpaired) electrons. The predicted octanol–water partition coefficient (Wildman–Crippen LogP) is 1.08. The zero-order chi connectivity index (χ0) is 22.8. The number of hydrogen-bond acceptors (Lipinski definition) is 5. The molecular weight excluding hydrogens is 406 g/mol. The van der Waals surface area contributed by atoms with Crippen LogP contribution in [0.15, 0.2) is 29.3 Å². The van der Waals surface area contributed by atoms with Crippen LogP contribution in [0.4, 0.5) is 0 Å². The van der Waals surface area contributed by atoms with Crippen LogP contribution in [0, 0.1) is 6.92 Å². The molecule has 1 aromatic carbocycles. The number of imidazole rings is 1. The lowest BCUT2D eigenvalue weighted by molar-refractivity contribution is -0.127. The maximum atomic E-state index is 12.0. The van der Waals surface area contributed by atoms with Crippen molar-refractivity contribution in [3.8, 4) is 0 Å². The number of ether oxygens (including phenoxy) is 1. The van der Waals surface area contributed by atoms with Crippen LogP contribution in [0.2, 0.25) is 0 Å². The quantitative estimate of drug-likeness (QED) is 0.325. The number of aryl methyl sites for hydroxylation is 2. The molecule has 0 bridgehead atoms. The summed E-state index contributed by atoms with van der Waals surface area (Å²) >= 11 is 0. The fraction of sp³-hybridized carbons (Fsp3) is 0.609. The highest BCUT2D eigenvalue weighted by Gasteiger charge is 2.10. The molecule has 176 valence electrons. The zero-order valence-electron chi connectivity index (χ0n) is 19.6. The third-order valence-electron chi connectivity index (χ3n) is 5.61. The Balaban J connectivity index is 1.47. The van der Waals surface area contributed by atoms with Gasteiger partial charge in [0.2, 0.25) is 5.91 Å². The van der Waals surface area contributed by atoms with Gasteiger partial charge in [0.1, 0.15) is 12.4 Å². The molecule has 1 aromatic heterocycles. The lowest BCUT2D eigenvalue weighted by Crippen LogP contribution is -2.41. The van der Waals surface area contributed by atoms with Gasteiger partial charge in [-0.2, -0.15) is 0 Å². The van der Waals surface area contributed by atoms with Crippen molar-refractivity contribution in [2.75, 3.05) is 66.6 Å². The van der Waals surface area contributed by atoms with Gasteiger partial charge >= 0.3 is 0 Å². The number of nitrogens with one attached hydrogen (secondary N) is 2. The maximum Gasteiger partial charge on any atom is 0.243 e. The van der Waals surface area contributed by atoms with Crippen molar-refractivity contribution in [1.29, 1.82) is 0 Å². The molecule has 0 unspecified atom stereocenters. The van der Waals surface area contributed by atoms with Gasteiger partial charge < -0.3 is 24.8 Å². The number of amides is 1. The number of rotatable bonds is 10. The Morgan fingerprint density at radius 1 is 1.12 bits per heavy atom. The largest absolute Gasteiger partial charge is 0.379 e. The Morgan fingerprint density at radius 2 is 1.81 bits per heavy atom. The molecule has 1 amide bonds. The van der Waals surface area contributed by atoms with Gasteiger partial charge in [0.25, 0.3) is 0 Å². The highest BCUT2D eigenvalue weighted by atomic mass is 16.5. The van der Waals surface area contributed by atoms with Crippen LogP contribution in [-0.4, -0.2) is 97.8 Å². The predicted molar refractivity (Wildman–Crippen MR) is 128 cm³/mol. The summed E-state index contributed by atoms with van der Waals surface area (Å²) in [7, 11) is 3.50. The van der Waals surface area contributed by atoms with Gasteiger partial charge in [0.05, 0.1) is 24.2 Å². The number of carbonyl (C=O) groups is 1. The second kappa shape index (κ2) is 12.4. The SMILES string of the molecule is Cc1nc2ccccc2n1CCCNC(=NCC(=O)N(C)C)NCCCN1CCOCC1. The number of fused-ring (bicyclic) bond motifs is 1. The summed E-state index contributed by atoms with van der Waals surface area (Å²) in [6, 6.07) is 8.22. The van der Waals surface area contributed by atoms with E-state index in [4.69, 9.17) is 4.74 Å². The molecular formula is C23H37N7O2. The minimum Gasteiger partial charge on any atom is -0.379 e. The summed E-state index contributed by atoms with van der Waals surface area (Å²) in [6.07, 6.45) is 1.94. The average Bonchev–Trinajstić information content (AvgIpc) is 3.12. The molecule has 32 heavy (non-hydrogen) atoms. The van der Waals surface area contributed by atoms with E-state index in [1.54, 1.807) is 19.0 Å². The van der Waals surface area contributed by atoms with Gasteiger partial charge in [-0.15, -0.1) is 0 Å². The Morgan fingerprint density at radius 3 is 2.53 bits per heavy atom. The van der Waals surface area contributed by atoms with Crippen molar-refractivity contribution in [3.63, 3.8) is 0 Å². The smallest absolute Gasteiger partial charge is 0.243 e. The number of para-hydroxylation sites is 2. The molecule has 1 saturated heterocycles. The van der Waals surface area contributed by atoms with Crippen molar-refractivity contribution >= 4 is 22.9 Å². The molecule has 9 heteroatoms. The van der Waals surface area contributed by atoms with Gasteiger partial charge in [-0.1, -0.05) is 12.1 Å². The van der Waals surface area contributed by atoms with Gasteiger partial charge in [0.15, 0.2) is 5.96 Å². The van der Waals surface area contributed by atoms with Crippen LogP contribution in [0.1, 0.15) is 18.7 Å².